The second-order valence-electron chi connectivity index (χ2n) is 6.23. The lowest BCUT2D eigenvalue weighted by Gasteiger charge is -2.31. The first kappa shape index (κ1) is 19.3. The molecule has 1 aliphatic rings. The number of carbonyl (C=O) groups excluding carboxylic acids is 2. The van der Waals surface area contributed by atoms with Gasteiger partial charge in [-0.1, -0.05) is 6.07 Å². The third-order valence-corrected chi connectivity index (χ3v) is 5.37. The van der Waals surface area contributed by atoms with Crippen molar-refractivity contribution in [3.8, 4) is 0 Å². The standard InChI is InChI=1S/C18H18F3N3O2S/c19-18(20,21)13-3-5-16(22-12-13)23-7-9-24(10-8-23)17(26)6-4-14(25)15-2-1-11-27-15/h1-3,5,11-12H,4,6-10H2/p+1. The summed E-state index contributed by atoms with van der Waals surface area (Å²) in [5.41, 5.74) is -0.726. The van der Waals surface area contributed by atoms with Gasteiger partial charge in [-0.15, -0.1) is 11.3 Å². The zero-order valence-corrected chi connectivity index (χ0v) is 15.3. The summed E-state index contributed by atoms with van der Waals surface area (Å²) >= 11 is 1.36. The third-order valence-electron chi connectivity index (χ3n) is 4.46. The van der Waals surface area contributed by atoms with Crippen LogP contribution in [0, 0.1) is 0 Å². The Morgan fingerprint density at radius 1 is 1.07 bits per heavy atom. The molecule has 0 aliphatic carbocycles. The van der Waals surface area contributed by atoms with Crippen LogP contribution in [0.15, 0.2) is 35.8 Å². The Hall–Kier alpha value is -2.42. The van der Waals surface area contributed by atoms with Crippen LogP contribution in [0.5, 0.6) is 0 Å². The molecule has 27 heavy (non-hydrogen) atoms. The second kappa shape index (κ2) is 8.08. The van der Waals surface area contributed by atoms with Gasteiger partial charge >= 0.3 is 6.18 Å². The molecule has 1 N–H and O–H groups in total. The maximum atomic E-state index is 12.6. The van der Waals surface area contributed by atoms with E-state index in [1.54, 1.807) is 17.0 Å². The normalized spacial score (nSPS) is 15.1. The molecule has 3 heterocycles. The van der Waals surface area contributed by atoms with Crippen LogP contribution >= 0.6 is 11.3 Å². The Bertz CT molecular complexity index is 783. The van der Waals surface area contributed by atoms with Crippen molar-refractivity contribution < 1.29 is 27.7 Å². The zero-order valence-electron chi connectivity index (χ0n) is 14.5. The van der Waals surface area contributed by atoms with E-state index < -0.39 is 11.7 Å². The number of Topliss-reactive ketones (excluding diaryl/α,β-unsaturated/α-hetero) is 1. The van der Waals surface area contributed by atoms with Gasteiger partial charge in [0.05, 0.1) is 23.5 Å². The molecule has 0 saturated carbocycles. The Morgan fingerprint density at radius 3 is 2.37 bits per heavy atom. The van der Waals surface area contributed by atoms with Gasteiger partial charge < -0.3 is 4.90 Å². The van der Waals surface area contributed by atoms with E-state index in [4.69, 9.17) is 0 Å². The molecule has 0 spiro atoms. The van der Waals surface area contributed by atoms with Crippen molar-refractivity contribution in [1.29, 1.82) is 0 Å². The predicted octanol–water partition coefficient (Wildman–Crippen LogP) is 2.89. The first-order valence-corrected chi connectivity index (χ1v) is 9.41. The van der Waals surface area contributed by atoms with Gasteiger partial charge in [-0.2, -0.15) is 13.2 Å². The number of nitrogens with zero attached hydrogens (tertiary/aromatic N) is 2. The van der Waals surface area contributed by atoms with E-state index in [9.17, 15) is 22.8 Å². The summed E-state index contributed by atoms with van der Waals surface area (Å²) in [7, 11) is 0. The smallest absolute Gasteiger partial charge is 0.335 e. The summed E-state index contributed by atoms with van der Waals surface area (Å²) < 4.78 is 37.9. The van der Waals surface area contributed by atoms with Crippen molar-refractivity contribution in [3.63, 3.8) is 0 Å². The van der Waals surface area contributed by atoms with Gasteiger partial charge in [-0.05, 0) is 17.5 Å². The van der Waals surface area contributed by atoms with Gasteiger partial charge in [0, 0.05) is 18.9 Å². The largest absolute Gasteiger partial charge is 0.419 e. The lowest BCUT2D eigenvalue weighted by Crippen LogP contribution is -2.50. The van der Waals surface area contributed by atoms with Gasteiger partial charge in [0.2, 0.25) is 5.91 Å². The fourth-order valence-electron chi connectivity index (χ4n) is 2.93. The van der Waals surface area contributed by atoms with Crippen LogP contribution in [-0.4, -0.2) is 42.8 Å². The van der Waals surface area contributed by atoms with Crippen LogP contribution in [0.3, 0.4) is 0 Å². The van der Waals surface area contributed by atoms with Crippen molar-refractivity contribution in [1.82, 2.24) is 4.90 Å². The zero-order chi connectivity index (χ0) is 19.4. The minimum absolute atomic E-state index is 0.0312. The number of H-pyrrole nitrogens is 1. The van der Waals surface area contributed by atoms with Crippen LogP contribution in [0.25, 0.3) is 0 Å². The van der Waals surface area contributed by atoms with Gasteiger partial charge in [0.1, 0.15) is 19.3 Å². The summed E-state index contributed by atoms with van der Waals surface area (Å²) in [5.74, 6) is 0.482. The molecule has 1 amide bonds. The predicted molar refractivity (Wildman–Crippen MR) is 94.7 cm³/mol. The summed E-state index contributed by atoms with van der Waals surface area (Å²) in [6.45, 7) is 1.99. The number of rotatable bonds is 5. The highest BCUT2D eigenvalue weighted by atomic mass is 32.1. The minimum Gasteiger partial charge on any atom is -0.335 e. The van der Waals surface area contributed by atoms with Crippen LogP contribution in [0.4, 0.5) is 19.0 Å². The number of alkyl halides is 3. The molecule has 144 valence electrons. The molecular weight excluding hydrogens is 379 g/mol. The molecule has 2 aromatic rings. The Balaban J connectivity index is 1.48. The number of nitrogens with one attached hydrogen (secondary N) is 1. The summed E-state index contributed by atoms with van der Waals surface area (Å²) in [4.78, 5) is 31.2. The first-order chi connectivity index (χ1) is 12.8. The van der Waals surface area contributed by atoms with E-state index >= 15 is 0 Å². The van der Waals surface area contributed by atoms with E-state index in [2.05, 4.69) is 4.98 Å². The van der Waals surface area contributed by atoms with Gasteiger partial charge in [-0.25, -0.2) is 4.98 Å². The van der Waals surface area contributed by atoms with Crippen molar-refractivity contribution >= 4 is 28.8 Å². The monoisotopic (exact) mass is 398 g/mol. The lowest BCUT2D eigenvalue weighted by atomic mass is 10.1. The number of halogens is 3. The van der Waals surface area contributed by atoms with Crippen LogP contribution in [0.1, 0.15) is 28.1 Å². The Morgan fingerprint density at radius 2 is 1.81 bits per heavy atom. The number of pyridine rings is 1. The van der Waals surface area contributed by atoms with Crippen LogP contribution in [0.2, 0.25) is 0 Å². The Kier molecular flexibility index (Phi) is 5.79. The number of carbonyl (C=O) groups is 2. The highest BCUT2D eigenvalue weighted by Crippen LogP contribution is 2.28. The maximum Gasteiger partial charge on any atom is 0.419 e. The number of thiophene rings is 1. The molecule has 1 saturated heterocycles. The number of aromatic nitrogens is 1. The summed E-state index contributed by atoms with van der Waals surface area (Å²) in [6, 6.07) is 5.99. The second-order valence-corrected chi connectivity index (χ2v) is 7.18. The van der Waals surface area contributed by atoms with Gasteiger partial charge in [0.15, 0.2) is 5.78 Å². The van der Waals surface area contributed by atoms with Crippen molar-refractivity contribution in [3.05, 3.63) is 46.3 Å². The fourth-order valence-corrected chi connectivity index (χ4v) is 3.62. The number of aromatic amines is 1. The molecular formula is C18H19F3N3O2S+. The molecule has 0 atom stereocenters. The molecule has 0 radical (unpaired) electrons. The fraction of sp³-hybridized carbons (Fsp3) is 0.389. The maximum absolute atomic E-state index is 12.6. The molecule has 9 heteroatoms. The molecule has 0 unspecified atom stereocenters. The third kappa shape index (κ3) is 4.85. The molecule has 2 aromatic heterocycles. The van der Waals surface area contributed by atoms with Gasteiger partial charge in [0.25, 0.3) is 5.82 Å². The molecule has 0 aromatic carbocycles. The first-order valence-electron chi connectivity index (χ1n) is 8.53. The quantitative estimate of drug-likeness (QED) is 0.728. The SMILES string of the molecule is O=C(CCC(=O)N1CCN(c2ccc(C(F)(F)F)c[nH+]2)CC1)c1cccs1. The molecule has 3 rings (SSSR count). The molecule has 1 fully saturated rings. The topological polar surface area (TPSA) is 54.8 Å². The van der Waals surface area contributed by atoms with E-state index in [1.807, 2.05) is 10.3 Å². The number of piperazine rings is 1. The number of ketones is 1. The number of hydrogen-bond acceptors (Lipinski definition) is 4. The molecule has 0 bridgehead atoms. The van der Waals surface area contributed by atoms with E-state index in [0.29, 0.717) is 36.9 Å². The van der Waals surface area contributed by atoms with Crippen molar-refractivity contribution in [2.75, 3.05) is 31.1 Å². The van der Waals surface area contributed by atoms with Crippen molar-refractivity contribution in [2.24, 2.45) is 0 Å². The minimum atomic E-state index is -4.37. The van der Waals surface area contributed by atoms with Crippen LogP contribution in [-0.2, 0) is 11.0 Å². The molecule has 1 aliphatic heterocycles. The average Bonchev–Trinajstić information content (AvgIpc) is 3.20. The lowest BCUT2D eigenvalue weighted by molar-refractivity contribution is -0.367. The summed E-state index contributed by atoms with van der Waals surface area (Å²) in [5, 5.41) is 1.83. The number of anilines is 1. The van der Waals surface area contributed by atoms with E-state index in [-0.39, 0.29) is 24.5 Å². The highest BCUT2D eigenvalue weighted by Gasteiger charge is 2.33. The number of amides is 1. The van der Waals surface area contributed by atoms with E-state index in [1.165, 1.54) is 17.4 Å². The van der Waals surface area contributed by atoms with Crippen molar-refractivity contribution in [2.45, 2.75) is 19.0 Å². The Labute approximate surface area is 158 Å². The highest BCUT2D eigenvalue weighted by molar-refractivity contribution is 7.12. The van der Waals surface area contributed by atoms with Gasteiger partial charge in [-0.3, -0.25) is 14.5 Å². The molecule has 5 nitrogen and oxygen atoms in total. The average molecular weight is 398 g/mol. The van der Waals surface area contributed by atoms with Crippen LogP contribution < -0.4 is 9.88 Å². The number of hydrogen-bond donors (Lipinski definition) is 0. The summed E-state index contributed by atoms with van der Waals surface area (Å²) in [6.07, 6.45) is -3.07. The van der Waals surface area contributed by atoms with E-state index in [0.717, 1.165) is 12.3 Å².